The molecule has 0 spiro atoms. The Bertz CT molecular complexity index is 603. The molecule has 0 aromatic carbocycles. The van der Waals surface area contributed by atoms with Crippen molar-refractivity contribution < 1.29 is 0 Å². The molecule has 2 N–H and O–H groups in total. The van der Waals surface area contributed by atoms with Crippen LogP contribution in [0.15, 0.2) is 22.0 Å². The maximum absolute atomic E-state index is 11.4. The Kier molecular flexibility index (Phi) is 2.93. The SMILES string of the molecule is CC(=NNc1nnc(C)c(=O)[nH]1)C1CC2C=CC1C2. The molecule has 19 heavy (non-hydrogen) atoms. The number of hydrogen-bond donors (Lipinski definition) is 2. The summed E-state index contributed by atoms with van der Waals surface area (Å²) in [5.74, 6) is 2.14. The van der Waals surface area contributed by atoms with Crippen molar-refractivity contribution >= 4 is 11.7 Å². The zero-order chi connectivity index (χ0) is 13.4. The summed E-state index contributed by atoms with van der Waals surface area (Å²) in [6.07, 6.45) is 7.03. The van der Waals surface area contributed by atoms with Gasteiger partial charge in [0.05, 0.1) is 0 Å². The fourth-order valence-corrected chi connectivity index (χ4v) is 2.93. The molecule has 1 heterocycles. The van der Waals surface area contributed by atoms with Crippen molar-refractivity contribution in [2.45, 2.75) is 26.7 Å². The molecule has 1 saturated carbocycles. The smallest absolute Gasteiger partial charge is 0.274 e. The van der Waals surface area contributed by atoms with E-state index >= 15 is 0 Å². The van der Waals surface area contributed by atoms with Gasteiger partial charge in [-0.1, -0.05) is 12.2 Å². The molecule has 3 atom stereocenters. The monoisotopic (exact) mass is 259 g/mol. The summed E-state index contributed by atoms with van der Waals surface area (Å²) < 4.78 is 0. The van der Waals surface area contributed by atoms with E-state index in [9.17, 15) is 4.79 Å². The third kappa shape index (κ3) is 2.30. The Balaban J connectivity index is 1.70. The molecular formula is C13H17N5O. The molecule has 0 amide bonds. The Morgan fingerprint density at radius 1 is 1.42 bits per heavy atom. The van der Waals surface area contributed by atoms with Crippen LogP contribution >= 0.6 is 0 Å². The van der Waals surface area contributed by atoms with E-state index in [1.165, 1.54) is 12.8 Å². The van der Waals surface area contributed by atoms with Gasteiger partial charge >= 0.3 is 0 Å². The number of aromatic amines is 1. The van der Waals surface area contributed by atoms with Gasteiger partial charge in [0.25, 0.3) is 5.56 Å². The van der Waals surface area contributed by atoms with Crippen LogP contribution in [0.3, 0.4) is 0 Å². The first kappa shape index (κ1) is 12.1. The van der Waals surface area contributed by atoms with Gasteiger partial charge in [-0.05, 0) is 38.5 Å². The van der Waals surface area contributed by atoms with Gasteiger partial charge in [0, 0.05) is 11.6 Å². The zero-order valence-electron chi connectivity index (χ0n) is 11.1. The van der Waals surface area contributed by atoms with Crippen molar-refractivity contribution in [3.63, 3.8) is 0 Å². The van der Waals surface area contributed by atoms with E-state index in [0.29, 0.717) is 17.5 Å². The lowest BCUT2D eigenvalue weighted by Gasteiger charge is -2.17. The highest BCUT2D eigenvalue weighted by molar-refractivity contribution is 5.86. The number of fused-ring (bicyclic) bond motifs is 2. The van der Waals surface area contributed by atoms with Crippen LogP contribution in [0.2, 0.25) is 0 Å². The molecule has 0 saturated heterocycles. The summed E-state index contributed by atoms with van der Waals surface area (Å²) in [5.41, 5.74) is 3.95. The second-order valence-electron chi connectivity index (χ2n) is 5.34. The van der Waals surface area contributed by atoms with Crippen molar-refractivity contribution in [3.05, 3.63) is 28.2 Å². The topological polar surface area (TPSA) is 83.0 Å². The van der Waals surface area contributed by atoms with Gasteiger partial charge in [0.15, 0.2) is 0 Å². The number of allylic oxidation sites excluding steroid dienone is 2. The molecule has 0 aliphatic heterocycles. The number of hydrogen-bond acceptors (Lipinski definition) is 5. The van der Waals surface area contributed by atoms with Gasteiger partial charge in [0.2, 0.25) is 5.95 Å². The quantitative estimate of drug-likeness (QED) is 0.489. The first-order valence-electron chi connectivity index (χ1n) is 6.55. The van der Waals surface area contributed by atoms with Crippen molar-refractivity contribution in [1.82, 2.24) is 15.2 Å². The second-order valence-corrected chi connectivity index (χ2v) is 5.34. The molecule has 0 radical (unpaired) electrons. The number of rotatable bonds is 3. The average molecular weight is 259 g/mol. The van der Waals surface area contributed by atoms with E-state index in [0.717, 1.165) is 11.6 Å². The largest absolute Gasteiger partial charge is 0.288 e. The minimum atomic E-state index is -0.242. The van der Waals surface area contributed by atoms with Gasteiger partial charge in [0.1, 0.15) is 5.69 Å². The fourth-order valence-electron chi connectivity index (χ4n) is 2.93. The van der Waals surface area contributed by atoms with E-state index in [1.54, 1.807) is 6.92 Å². The van der Waals surface area contributed by atoms with Crippen molar-refractivity contribution in [1.29, 1.82) is 0 Å². The lowest BCUT2D eigenvalue weighted by molar-refractivity contribution is 0.581. The second kappa shape index (κ2) is 4.60. The lowest BCUT2D eigenvalue weighted by atomic mass is 9.90. The third-order valence-corrected chi connectivity index (χ3v) is 4.01. The van der Waals surface area contributed by atoms with Crippen LogP contribution in [0, 0.1) is 24.7 Å². The molecule has 3 unspecified atom stereocenters. The van der Waals surface area contributed by atoms with Crippen LogP contribution in [0.1, 0.15) is 25.5 Å². The maximum Gasteiger partial charge on any atom is 0.274 e. The highest BCUT2D eigenvalue weighted by atomic mass is 16.1. The van der Waals surface area contributed by atoms with Crippen LogP contribution in [0.4, 0.5) is 5.95 Å². The molecule has 1 fully saturated rings. The summed E-state index contributed by atoms with van der Waals surface area (Å²) in [6.45, 7) is 3.64. The highest BCUT2D eigenvalue weighted by Gasteiger charge is 2.37. The minimum absolute atomic E-state index is 0.242. The molecule has 3 rings (SSSR count). The minimum Gasteiger partial charge on any atom is -0.288 e. The fraction of sp³-hybridized carbons (Fsp3) is 0.538. The van der Waals surface area contributed by atoms with E-state index in [-0.39, 0.29) is 11.5 Å². The maximum atomic E-state index is 11.4. The van der Waals surface area contributed by atoms with Crippen LogP contribution in [0.25, 0.3) is 0 Å². The normalized spacial score (nSPS) is 28.9. The molecule has 2 bridgehead atoms. The number of nitrogens with one attached hydrogen (secondary N) is 2. The summed E-state index contributed by atoms with van der Waals surface area (Å²) in [5, 5.41) is 11.9. The third-order valence-electron chi connectivity index (χ3n) is 4.01. The standard InChI is InChI=1S/C13H17N5O/c1-7(11-6-9-3-4-10(11)5-9)15-17-13-14-12(19)8(2)16-18-13/h3-4,9-11H,5-6H2,1-2H3,(H2,14,17,18,19). The van der Waals surface area contributed by atoms with E-state index in [2.05, 4.69) is 37.9 Å². The van der Waals surface area contributed by atoms with E-state index < -0.39 is 0 Å². The van der Waals surface area contributed by atoms with Crippen molar-refractivity contribution in [3.8, 4) is 0 Å². The Labute approximate surface area is 111 Å². The zero-order valence-corrected chi connectivity index (χ0v) is 11.1. The summed E-state index contributed by atoms with van der Waals surface area (Å²) >= 11 is 0. The van der Waals surface area contributed by atoms with Gasteiger partial charge < -0.3 is 0 Å². The lowest BCUT2D eigenvalue weighted by Crippen LogP contribution is -2.19. The molecule has 1 aromatic rings. The van der Waals surface area contributed by atoms with Crippen molar-refractivity contribution in [2.75, 3.05) is 5.43 Å². The number of aryl methyl sites for hydroxylation is 1. The highest BCUT2D eigenvalue weighted by Crippen LogP contribution is 2.43. The molecule has 6 nitrogen and oxygen atoms in total. The van der Waals surface area contributed by atoms with E-state index in [4.69, 9.17) is 0 Å². The number of anilines is 1. The Hall–Kier alpha value is -1.98. The number of aromatic nitrogens is 3. The van der Waals surface area contributed by atoms with Crippen molar-refractivity contribution in [2.24, 2.45) is 22.9 Å². The van der Waals surface area contributed by atoms with Gasteiger partial charge in [-0.15, -0.1) is 10.2 Å². The summed E-state index contributed by atoms with van der Waals surface area (Å²) in [6, 6.07) is 0. The Morgan fingerprint density at radius 3 is 2.89 bits per heavy atom. The molecular weight excluding hydrogens is 242 g/mol. The van der Waals surface area contributed by atoms with E-state index in [1.807, 2.05) is 6.92 Å². The number of hydrazone groups is 1. The molecule has 100 valence electrons. The number of nitrogens with zero attached hydrogens (tertiary/aromatic N) is 3. The average Bonchev–Trinajstić information content (AvgIpc) is 3.02. The molecule has 1 aromatic heterocycles. The van der Waals surface area contributed by atoms with Crippen LogP contribution < -0.4 is 11.0 Å². The number of H-pyrrole nitrogens is 1. The molecule has 2 aliphatic carbocycles. The Morgan fingerprint density at radius 2 is 2.26 bits per heavy atom. The predicted octanol–water partition coefficient (Wildman–Crippen LogP) is 1.47. The summed E-state index contributed by atoms with van der Waals surface area (Å²) in [7, 11) is 0. The first-order valence-corrected chi connectivity index (χ1v) is 6.55. The van der Waals surface area contributed by atoms with Gasteiger partial charge in [-0.25, -0.2) is 5.43 Å². The van der Waals surface area contributed by atoms with Gasteiger partial charge in [-0.3, -0.25) is 9.78 Å². The summed E-state index contributed by atoms with van der Waals surface area (Å²) in [4.78, 5) is 14.0. The molecule has 2 aliphatic rings. The first-order chi connectivity index (χ1) is 9.13. The van der Waals surface area contributed by atoms with Crippen LogP contribution in [0.5, 0.6) is 0 Å². The predicted molar refractivity (Wildman–Crippen MR) is 73.0 cm³/mol. The molecule has 6 heteroatoms. The van der Waals surface area contributed by atoms with Crippen LogP contribution in [-0.4, -0.2) is 20.9 Å². The van der Waals surface area contributed by atoms with Gasteiger partial charge in [-0.2, -0.15) is 5.10 Å². The van der Waals surface area contributed by atoms with Crippen LogP contribution in [-0.2, 0) is 0 Å².